The molecule has 0 saturated carbocycles. The Hall–Kier alpha value is -2.43. The topological polar surface area (TPSA) is 63.5 Å². The molecule has 1 heterocycles. The van der Waals surface area contributed by atoms with Gasteiger partial charge in [0.25, 0.3) is 0 Å². The number of hydrogen-bond acceptors (Lipinski definition) is 3. The van der Waals surface area contributed by atoms with Crippen molar-refractivity contribution < 1.29 is 13.9 Å². The average Bonchev–Trinajstić information content (AvgIpc) is 3.00. The zero-order chi connectivity index (χ0) is 15.9. The number of hydrogen-bond donors (Lipinski definition) is 2. The van der Waals surface area contributed by atoms with E-state index >= 15 is 0 Å². The van der Waals surface area contributed by atoms with E-state index in [2.05, 4.69) is 30.5 Å². The Labute approximate surface area is 130 Å². The lowest BCUT2D eigenvalue weighted by molar-refractivity contribution is 0.235. The van der Waals surface area contributed by atoms with Crippen molar-refractivity contribution in [3.8, 4) is 5.75 Å². The number of amides is 2. The molecule has 0 bridgehead atoms. The number of nitrogens with one attached hydrogen (secondary N) is 2. The van der Waals surface area contributed by atoms with Crippen LogP contribution in [-0.4, -0.2) is 19.2 Å². The van der Waals surface area contributed by atoms with Crippen molar-refractivity contribution in [2.45, 2.75) is 27.3 Å². The van der Waals surface area contributed by atoms with Crippen LogP contribution in [0.15, 0.2) is 34.9 Å². The zero-order valence-corrected chi connectivity index (χ0v) is 13.2. The predicted octanol–water partition coefficient (Wildman–Crippen LogP) is 3.08. The molecule has 2 amide bonds. The molecule has 5 heteroatoms. The summed E-state index contributed by atoms with van der Waals surface area (Å²) in [5.74, 6) is 1.58. The first-order valence-corrected chi connectivity index (χ1v) is 7.31. The molecule has 1 aromatic carbocycles. The second kappa shape index (κ2) is 7.54. The Morgan fingerprint density at radius 2 is 1.91 bits per heavy atom. The van der Waals surface area contributed by atoms with Crippen LogP contribution in [0, 0.1) is 20.8 Å². The van der Waals surface area contributed by atoms with Gasteiger partial charge in [0, 0.05) is 0 Å². The first-order chi connectivity index (χ1) is 10.6. The van der Waals surface area contributed by atoms with Crippen LogP contribution < -0.4 is 15.4 Å². The van der Waals surface area contributed by atoms with Crippen LogP contribution >= 0.6 is 0 Å². The minimum atomic E-state index is -0.239. The van der Waals surface area contributed by atoms with Gasteiger partial charge in [0.2, 0.25) is 0 Å². The lowest BCUT2D eigenvalue weighted by Crippen LogP contribution is -2.37. The van der Waals surface area contributed by atoms with Crippen LogP contribution in [-0.2, 0) is 6.54 Å². The van der Waals surface area contributed by atoms with Crippen molar-refractivity contribution in [2.24, 2.45) is 0 Å². The fourth-order valence-electron chi connectivity index (χ4n) is 2.06. The van der Waals surface area contributed by atoms with Gasteiger partial charge in [-0.1, -0.05) is 6.07 Å². The summed E-state index contributed by atoms with van der Waals surface area (Å²) in [6.45, 7) is 7.40. The lowest BCUT2D eigenvalue weighted by Gasteiger charge is -2.12. The first-order valence-electron chi connectivity index (χ1n) is 7.31. The summed E-state index contributed by atoms with van der Waals surface area (Å²) in [6, 6.07) is 7.49. The van der Waals surface area contributed by atoms with Crippen LogP contribution in [0.4, 0.5) is 4.79 Å². The predicted molar refractivity (Wildman–Crippen MR) is 85.1 cm³/mol. The quantitative estimate of drug-likeness (QED) is 0.806. The molecule has 2 N–H and O–H groups in total. The van der Waals surface area contributed by atoms with Gasteiger partial charge in [-0.3, -0.25) is 0 Å². The van der Waals surface area contributed by atoms with Crippen molar-refractivity contribution in [3.05, 3.63) is 53.0 Å². The Balaban J connectivity index is 1.68. The number of benzene rings is 1. The van der Waals surface area contributed by atoms with Gasteiger partial charge in [0.05, 0.1) is 19.4 Å². The second-order valence-electron chi connectivity index (χ2n) is 5.24. The minimum absolute atomic E-state index is 0.239. The van der Waals surface area contributed by atoms with E-state index in [-0.39, 0.29) is 6.03 Å². The molecular formula is C17H22N2O3. The summed E-state index contributed by atoms with van der Waals surface area (Å²) >= 11 is 0. The minimum Gasteiger partial charge on any atom is -0.491 e. The summed E-state index contributed by atoms with van der Waals surface area (Å²) in [7, 11) is 0. The Bertz CT molecular complexity index is 621. The van der Waals surface area contributed by atoms with Crippen molar-refractivity contribution in [3.63, 3.8) is 0 Å². The third-order valence-corrected chi connectivity index (χ3v) is 3.44. The molecule has 0 unspecified atom stereocenters. The normalized spacial score (nSPS) is 10.3. The Kier molecular flexibility index (Phi) is 5.47. The maximum Gasteiger partial charge on any atom is 0.315 e. The fraction of sp³-hybridized carbons (Fsp3) is 0.353. The van der Waals surface area contributed by atoms with Crippen LogP contribution in [0.1, 0.15) is 22.5 Å². The summed E-state index contributed by atoms with van der Waals surface area (Å²) in [4.78, 5) is 11.6. The SMILES string of the molecule is Cc1cc(C)c(OCCNC(=O)NCc2ccco2)cc1C. The van der Waals surface area contributed by atoms with Crippen molar-refractivity contribution in [1.29, 1.82) is 0 Å². The van der Waals surface area contributed by atoms with Gasteiger partial charge in [-0.25, -0.2) is 4.79 Å². The van der Waals surface area contributed by atoms with E-state index in [1.54, 1.807) is 12.3 Å². The number of furan rings is 1. The van der Waals surface area contributed by atoms with Crippen LogP contribution in [0.2, 0.25) is 0 Å². The number of urea groups is 1. The van der Waals surface area contributed by atoms with Gasteiger partial charge in [0.1, 0.15) is 18.1 Å². The lowest BCUT2D eigenvalue weighted by atomic mass is 10.1. The summed E-state index contributed by atoms with van der Waals surface area (Å²) in [5, 5.41) is 5.46. The van der Waals surface area contributed by atoms with Gasteiger partial charge < -0.3 is 19.8 Å². The third-order valence-electron chi connectivity index (χ3n) is 3.44. The van der Waals surface area contributed by atoms with Crippen LogP contribution in [0.25, 0.3) is 0 Å². The van der Waals surface area contributed by atoms with E-state index in [0.717, 1.165) is 17.1 Å². The smallest absolute Gasteiger partial charge is 0.315 e. The number of carbonyl (C=O) groups excluding carboxylic acids is 1. The van der Waals surface area contributed by atoms with Crippen molar-refractivity contribution >= 4 is 6.03 Å². The molecule has 0 radical (unpaired) electrons. The molecule has 1 aromatic heterocycles. The summed E-state index contributed by atoms with van der Waals surface area (Å²) in [5.41, 5.74) is 3.55. The molecule has 2 rings (SSSR count). The van der Waals surface area contributed by atoms with Gasteiger partial charge in [-0.15, -0.1) is 0 Å². The molecular weight excluding hydrogens is 280 g/mol. The van der Waals surface area contributed by atoms with Crippen molar-refractivity contribution in [1.82, 2.24) is 10.6 Å². The third kappa shape index (κ3) is 4.55. The largest absolute Gasteiger partial charge is 0.491 e. The molecule has 2 aromatic rings. The van der Waals surface area contributed by atoms with Gasteiger partial charge in [-0.05, 0) is 55.7 Å². The second-order valence-corrected chi connectivity index (χ2v) is 5.24. The highest BCUT2D eigenvalue weighted by atomic mass is 16.5. The van der Waals surface area contributed by atoms with E-state index < -0.39 is 0 Å². The maximum absolute atomic E-state index is 11.6. The highest BCUT2D eigenvalue weighted by molar-refractivity contribution is 5.73. The molecule has 0 fully saturated rings. The molecule has 0 aliphatic heterocycles. The molecule has 118 valence electrons. The fourth-order valence-corrected chi connectivity index (χ4v) is 2.06. The molecule has 0 aliphatic carbocycles. The maximum atomic E-state index is 11.6. The van der Waals surface area contributed by atoms with Crippen LogP contribution in [0.3, 0.4) is 0 Å². The van der Waals surface area contributed by atoms with Crippen LogP contribution in [0.5, 0.6) is 5.75 Å². The molecule has 0 spiro atoms. The number of rotatable bonds is 6. The summed E-state index contributed by atoms with van der Waals surface area (Å²) in [6.07, 6.45) is 1.58. The monoisotopic (exact) mass is 302 g/mol. The van der Waals surface area contributed by atoms with E-state index in [1.807, 2.05) is 19.1 Å². The van der Waals surface area contributed by atoms with Gasteiger partial charge in [-0.2, -0.15) is 0 Å². The van der Waals surface area contributed by atoms with E-state index in [0.29, 0.717) is 19.7 Å². The molecule has 5 nitrogen and oxygen atoms in total. The molecule has 0 atom stereocenters. The number of ether oxygens (including phenoxy) is 1. The Morgan fingerprint density at radius 3 is 2.64 bits per heavy atom. The Morgan fingerprint density at radius 1 is 1.14 bits per heavy atom. The highest BCUT2D eigenvalue weighted by Gasteiger charge is 2.04. The van der Waals surface area contributed by atoms with E-state index in [4.69, 9.17) is 9.15 Å². The summed E-state index contributed by atoms with van der Waals surface area (Å²) < 4.78 is 10.8. The molecule has 22 heavy (non-hydrogen) atoms. The van der Waals surface area contributed by atoms with E-state index in [9.17, 15) is 4.79 Å². The molecule has 0 saturated heterocycles. The highest BCUT2D eigenvalue weighted by Crippen LogP contribution is 2.22. The average molecular weight is 302 g/mol. The first kappa shape index (κ1) is 15.9. The zero-order valence-electron chi connectivity index (χ0n) is 13.2. The number of aryl methyl sites for hydroxylation is 3. The number of carbonyl (C=O) groups is 1. The molecule has 0 aliphatic rings. The standard InChI is InChI=1S/C17H22N2O3/c1-12-9-14(3)16(10-13(12)2)22-8-6-18-17(20)19-11-15-5-4-7-21-15/h4-5,7,9-10H,6,8,11H2,1-3H3,(H2,18,19,20). The van der Waals surface area contributed by atoms with Crippen molar-refractivity contribution in [2.75, 3.05) is 13.2 Å². The van der Waals surface area contributed by atoms with E-state index in [1.165, 1.54) is 11.1 Å². The van der Waals surface area contributed by atoms with Gasteiger partial charge in [0.15, 0.2) is 0 Å². The van der Waals surface area contributed by atoms with Gasteiger partial charge >= 0.3 is 6.03 Å².